The van der Waals surface area contributed by atoms with Gasteiger partial charge in [0.15, 0.2) is 0 Å². The monoisotopic (exact) mass is 456 g/mol. The Bertz CT molecular complexity index is 739. The van der Waals surface area contributed by atoms with E-state index >= 15 is 0 Å². The molecule has 1 aromatic rings. The van der Waals surface area contributed by atoms with Gasteiger partial charge in [0.25, 0.3) is 11.8 Å². The Kier molecular flexibility index (Phi) is 11.6. The average molecular weight is 457 g/mol. The molecule has 1 aliphatic heterocycles. The number of imide groups is 2. The highest BCUT2D eigenvalue weighted by Crippen LogP contribution is 2.28. The number of nitrogens with two attached hydrogens (primary N) is 2. The molecule has 9 nitrogen and oxygen atoms in total. The third kappa shape index (κ3) is 6.54. The number of rotatable bonds is 6. The number of hydrogen-bond donors (Lipinski definition) is 3. The third-order valence-electron chi connectivity index (χ3n) is 3.46. The summed E-state index contributed by atoms with van der Waals surface area (Å²) in [7, 11) is 0. The van der Waals surface area contributed by atoms with Gasteiger partial charge in [-0.25, -0.2) is 0 Å². The number of carbonyl (C=O) groups excluding carboxylic acids is 5. The maximum atomic E-state index is 12.4. The van der Waals surface area contributed by atoms with E-state index in [1.807, 2.05) is 26.1 Å². The van der Waals surface area contributed by atoms with E-state index in [2.05, 4.69) is 21.7 Å². The molecule has 10 heteroatoms. The van der Waals surface area contributed by atoms with Crippen molar-refractivity contribution in [2.75, 3.05) is 6.54 Å². The van der Waals surface area contributed by atoms with Gasteiger partial charge in [-0.1, -0.05) is 43.1 Å². The molecule has 5 amide bonds. The predicted molar refractivity (Wildman–Crippen MR) is 107 cm³/mol. The minimum atomic E-state index is -0.980. The Morgan fingerprint density at radius 1 is 1.21 bits per heavy atom. The van der Waals surface area contributed by atoms with Gasteiger partial charge in [-0.05, 0) is 24.6 Å². The number of nitrogens with one attached hydrogen (secondary N) is 1. The van der Waals surface area contributed by atoms with Crippen LogP contribution in [0.3, 0.4) is 0 Å². The zero-order valence-electron chi connectivity index (χ0n) is 16.0. The third-order valence-corrected chi connectivity index (χ3v) is 3.95. The summed E-state index contributed by atoms with van der Waals surface area (Å²) in [5.41, 5.74) is 9.75. The summed E-state index contributed by atoms with van der Waals surface area (Å²) in [6, 6.07) is 3.77. The van der Waals surface area contributed by atoms with Crippen LogP contribution < -0.4 is 16.8 Å². The second-order valence-corrected chi connectivity index (χ2v) is 6.19. The van der Waals surface area contributed by atoms with Gasteiger partial charge < -0.3 is 11.5 Å². The predicted octanol–water partition coefficient (Wildman–Crippen LogP) is 0.943. The fourth-order valence-electron chi connectivity index (χ4n) is 2.32. The minimum absolute atomic E-state index is 0.0556. The molecule has 1 unspecified atom stereocenters. The van der Waals surface area contributed by atoms with E-state index in [0.717, 1.165) is 4.90 Å². The van der Waals surface area contributed by atoms with E-state index in [9.17, 15) is 24.0 Å². The summed E-state index contributed by atoms with van der Waals surface area (Å²) in [4.78, 5) is 57.5. The summed E-state index contributed by atoms with van der Waals surface area (Å²) in [6.45, 7) is 5.77. The molecule has 2 rings (SSSR count). The van der Waals surface area contributed by atoms with E-state index in [4.69, 9.17) is 5.73 Å². The molecule has 0 saturated carbocycles. The van der Waals surface area contributed by atoms with Crippen molar-refractivity contribution in [3.63, 3.8) is 0 Å². The van der Waals surface area contributed by atoms with Gasteiger partial charge in [0.2, 0.25) is 18.2 Å². The maximum absolute atomic E-state index is 12.4. The number of halogens is 1. The van der Waals surface area contributed by atoms with Crippen LogP contribution in [0.4, 0.5) is 0 Å². The van der Waals surface area contributed by atoms with Crippen molar-refractivity contribution in [1.29, 1.82) is 0 Å². The highest BCUT2D eigenvalue weighted by molar-refractivity contribution is 9.10. The summed E-state index contributed by atoms with van der Waals surface area (Å²) in [5, 5.41) is 2.01. The standard InChI is InChI=1S/C14H13BrN2O4.C2H6N2O.C2H6/c1-2-3-11(12(19)16-7-18)17-13(20)9-5-4-8(15)6-10(9)14(17)21;3-1-2(4)5;1-2/h4-7,11H,2-3H2,1H3,(H,16,18,19);1,3H2,(H2,4,5);1-2H3. The molecule has 0 saturated heterocycles. The molecule has 0 bridgehead atoms. The molecular formula is C18H25BrN4O5. The molecular weight excluding hydrogens is 432 g/mol. The van der Waals surface area contributed by atoms with Crippen LogP contribution in [0.5, 0.6) is 0 Å². The summed E-state index contributed by atoms with van der Waals surface area (Å²) in [6.07, 6.45) is 1.14. The van der Waals surface area contributed by atoms with Crippen molar-refractivity contribution in [3.8, 4) is 0 Å². The van der Waals surface area contributed by atoms with Crippen LogP contribution in [-0.4, -0.2) is 47.5 Å². The first-order chi connectivity index (χ1) is 13.3. The average Bonchev–Trinajstić information content (AvgIpc) is 2.92. The minimum Gasteiger partial charge on any atom is -0.369 e. The molecule has 0 aliphatic carbocycles. The Hall–Kier alpha value is -2.59. The lowest BCUT2D eigenvalue weighted by atomic mass is 10.1. The second-order valence-electron chi connectivity index (χ2n) is 5.27. The van der Waals surface area contributed by atoms with Gasteiger partial charge in [0.1, 0.15) is 6.04 Å². The Morgan fingerprint density at radius 3 is 2.21 bits per heavy atom. The SMILES string of the molecule is CC.CCCC(C(=O)NC=O)N1C(=O)c2ccc(Br)cc2C1=O.NCC(N)=O. The topological polar surface area (TPSA) is 153 Å². The molecule has 1 aliphatic rings. The van der Waals surface area contributed by atoms with Gasteiger partial charge >= 0.3 is 0 Å². The number of amides is 5. The first kappa shape index (κ1) is 25.4. The van der Waals surface area contributed by atoms with Gasteiger partial charge in [0.05, 0.1) is 17.7 Å². The van der Waals surface area contributed by atoms with Crippen molar-refractivity contribution in [2.24, 2.45) is 11.5 Å². The molecule has 0 radical (unpaired) electrons. The van der Waals surface area contributed by atoms with Crippen LogP contribution in [0.15, 0.2) is 22.7 Å². The number of primary amides is 1. The maximum Gasteiger partial charge on any atom is 0.262 e. The van der Waals surface area contributed by atoms with Crippen molar-refractivity contribution in [1.82, 2.24) is 10.2 Å². The molecule has 1 heterocycles. The fourth-order valence-corrected chi connectivity index (χ4v) is 2.68. The van der Waals surface area contributed by atoms with Crippen molar-refractivity contribution in [3.05, 3.63) is 33.8 Å². The molecule has 0 aromatic heterocycles. The Labute approximate surface area is 171 Å². The van der Waals surface area contributed by atoms with Crippen LogP contribution >= 0.6 is 15.9 Å². The zero-order chi connectivity index (χ0) is 21.9. The Morgan fingerprint density at radius 2 is 1.75 bits per heavy atom. The summed E-state index contributed by atoms with van der Waals surface area (Å²) in [5.74, 6) is -2.15. The lowest BCUT2D eigenvalue weighted by Crippen LogP contribution is -2.49. The lowest BCUT2D eigenvalue weighted by Gasteiger charge is -2.23. The summed E-state index contributed by atoms with van der Waals surface area (Å²) >= 11 is 3.25. The normalized spacial score (nSPS) is 12.7. The first-order valence-corrected chi connectivity index (χ1v) is 9.47. The number of nitrogens with zero attached hydrogens (tertiary/aromatic N) is 1. The summed E-state index contributed by atoms with van der Waals surface area (Å²) < 4.78 is 0.675. The molecule has 0 fully saturated rings. The van der Waals surface area contributed by atoms with Crippen LogP contribution in [0.1, 0.15) is 54.3 Å². The quantitative estimate of drug-likeness (QED) is 0.427. The number of hydrogen-bond acceptors (Lipinski definition) is 6. The van der Waals surface area contributed by atoms with Crippen LogP contribution in [-0.2, 0) is 14.4 Å². The molecule has 1 aromatic carbocycles. The zero-order valence-corrected chi connectivity index (χ0v) is 17.6. The van der Waals surface area contributed by atoms with Gasteiger partial charge in [-0.15, -0.1) is 0 Å². The Balaban J connectivity index is 0.000000906. The van der Waals surface area contributed by atoms with E-state index < -0.39 is 29.7 Å². The van der Waals surface area contributed by atoms with Gasteiger partial charge in [-0.2, -0.15) is 0 Å². The van der Waals surface area contributed by atoms with Gasteiger partial charge in [-0.3, -0.25) is 34.2 Å². The first-order valence-electron chi connectivity index (χ1n) is 8.68. The lowest BCUT2D eigenvalue weighted by molar-refractivity contribution is -0.128. The van der Waals surface area contributed by atoms with Crippen molar-refractivity contribution >= 4 is 46.0 Å². The van der Waals surface area contributed by atoms with Crippen molar-refractivity contribution < 1.29 is 24.0 Å². The number of carbonyl (C=O) groups is 5. The van der Waals surface area contributed by atoms with E-state index in [-0.39, 0.29) is 24.1 Å². The van der Waals surface area contributed by atoms with Gasteiger partial charge in [0, 0.05) is 4.47 Å². The van der Waals surface area contributed by atoms with Crippen LogP contribution in [0, 0.1) is 0 Å². The van der Waals surface area contributed by atoms with E-state index in [1.54, 1.807) is 18.2 Å². The fraction of sp³-hybridized carbons (Fsp3) is 0.389. The molecule has 28 heavy (non-hydrogen) atoms. The van der Waals surface area contributed by atoms with E-state index in [0.29, 0.717) is 17.3 Å². The van der Waals surface area contributed by atoms with Crippen molar-refractivity contribution in [2.45, 2.75) is 39.7 Å². The largest absolute Gasteiger partial charge is 0.369 e. The number of fused-ring (bicyclic) bond motifs is 1. The highest BCUT2D eigenvalue weighted by atomic mass is 79.9. The second kappa shape index (κ2) is 12.7. The number of benzene rings is 1. The smallest absolute Gasteiger partial charge is 0.262 e. The molecule has 5 N–H and O–H groups in total. The van der Waals surface area contributed by atoms with E-state index in [1.165, 1.54) is 0 Å². The molecule has 1 atom stereocenters. The van der Waals surface area contributed by atoms with Crippen LogP contribution in [0.25, 0.3) is 0 Å². The molecule has 0 spiro atoms. The highest BCUT2D eigenvalue weighted by Gasteiger charge is 2.42. The van der Waals surface area contributed by atoms with Crippen LogP contribution in [0.2, 0.25) is 0 Å². The molecule has 154 valence electrons.